The molecule has 2 aromatic carbocycles. The Balaban J connectivity index is 1.20. The van der Waals surface area contributed by atoms with Crippen LogP contribution in [0.1, 0.15) is 65.9 Å². The lowest BCUT2D eigenvalue weighted by atomic mass is 9.91. The van der Waals surface area contributed by atoms with Gasteiger partial charge in [0.2, 0.25) is 17.4 Å². The van der Waals surface area contributed by atoms with Gasteiger partial charge in [0.15, 0.2) is 0 Å². The van der Waals surface area contributed by atoms with Gasteiger partial charge in [0.05, 0.1) is 12.0 Å². The molecule has 3 aliphatic rings. The number of H-pyrrole nitrogens is 1. The number of rotatable bonds is 6. The highest BCUT2D eigenvalue weighted by Gasteiger charge is 2.50. The van der Waals surface area contributed by atoms with Crippen LogP contribution in [0.25, 0.3) is 10.8 Å². The molecule has 3 saturated heterocycles. The molecule has 0 aliphatic carbocycles. The molecule has 0 radical (unpaired) electrons. The van der Waals surface area contributed by atoms with Crippen molar-refractivity contribution in [2.24, 2.45) is 5.92 Å². The maximum Gasteiger partial charge on any atom is 0.399 e. The predicted octanol–water partition coefficient (Wildman–Crippen LogP) is 3.55. The quantitative estimate of drug-likeness (QED) is 0.285. The van der Waals surface area contributed by atoms with Crippen LogP contribution < -0.4 is 10.9 Å². The number of likely N-dealkylation sites (tertiary alicyclic amines) is 1. The van der Waals surface area contributed by atoms with Crippen LogP contribution in [0.15, 0.2) is 59.5 Å². The molecule has 0 spiro atoms. The summed E-state index contributed by atoms with van der Waals surface area (Å²) in [6, 6.07) is 10.9. The van der Waals surface area contributed by atoms with E-state index in [-0.39, 0.29) is 47.5 Å². The van der Waals surface area contributed by atoms with Crippen LogP contribution in [0.3, 0.4) is 0 Å². The predicted molar refractivity (Wildman–Crippen MR) is 169 cm³/mol. The lowest BCUT2D eigenvalue weighted by Crippen LogP contribution is -2.56. The van der Waals surface area contributed by atoms with Crippen LogP contribution in [0.5, 0.6) is 0 Å². The van der Waals surface area contributed by atoms with E-state index < -0.39 is 48.6 Å². The van der Waals surface area contributed by atoms with E-state index in [0.29, 0.717) is 43.1 Å². The van der Waals surface area contributed by atoms with Crippen LogP contribution in [0, 0.1) is 17.2 Å². The van der Waals surface area contributed by atoms with E-state index in [4.69, 9.17) is 9.79 Å². The Labute approximate surface area is 273 Å². The Morgan fingerprint density at radius 1 is 0.979 bits per heavy atom. The summed E-state index contributed by atoms with van der Waals surface area (Å²) in [6.07, 6.45) is 5.02. The monoisotopic (exact) mass is 681 g/mol. The molecule has 0 bridgehead atoms. The minimum Gasteiger partial charge on any atom is -0.340 e. The van der Waals surface area contributed by atoms with Crippen molar-refractivity contribution in [2.75, 3.05) is 13.1 Å². The van der Waals surface area contributed by atoms with Gasteiger partial charge in [0.1, 0.15) is 12.1 Å². The Morgan fingerprint density at radius 3 is 2.46 bits per heavy atom. The van der Waals surface area contributed by atoms with Crippen molar-refractivity contribution in [3.8, 4) is 6.07 Å². The molecule has 4 N–H and O–H groups in total. The van der Waals surface area contributed by atoms with Crippen molar-refractivity contribution in [1.29, 1.82) is 5.26 Å². The first-order valence-corrected chi connectivity index (χ1v) is 17.4. The summed E-state index contributed by atoms with van der Waals surface area (Å²) in [5.74, 6) is -2.19. The van der Waals surface area contributed by atoms with Gasteiger partial charge in [-0.05, 0) is 66.3 Å². The van der Waals surface area contributed by atoms with Crippen LogP contribution in [0.4, 0.5) is 8.78 Å². The normalized spacial score (nSPS) is 24.9. The molecule has 48 heavy (non-hydrogen) atoms. The number of alkyl halides is 2. The number of fused-ring (bicyclic) bond motifs is 2. The number of nitrogens with one attached hydrogen (secondary N) is 2. The molecule has 12 nitrogen and oxygen atoms in total. The van der Waals surface area contributed by atoms with Gasteiger partial charge in [-0.2, -0.15) is 14.0 Å². The molecule has 1 unspecified atom stereocenters. The van der Waals surface area contributed by atoms with Gasteiger partial charge in [-0.15, -0.1) is 0 Å². The minimum absolute atomic E-state index is 0.0602. The third-order valence-corrected chi connectivity index (χ3v) is 10.8. The fourth-order valence-corrected chi connectivity index (χ4v) is 7.72. The molecule has 3 aliphatic heterocycles. The second-order valence-corrected chi connectivity index (χ2v) is 14.4. The van der Waals surface area contributed by atoms with Crippen molar-refractivity contribution in [3.05, 3.63) is 81.8 Å². The van der Waals surface area contributed by atoms with Gasteiger partial charge in [0, 0.05) is 48.4 Å². The highest BCUT2D eigenvalue weighted by molar-refractivity contribution is 7.52. The van der Waals surface area contributed by atoms with E-state index >= 15 is 0 Å². The Bertz CT molecular complexity index is 1920. The molecular formula is C33H34F2N5O7P. The lowest BCUT2D eigenvalue weighted by molar-refractivity contribution is -0.146. The van der Waals surface area contributed by atoms with Crippen molar-refractivity contribution in [3.63, 3.8) is 0 Å². The first-order valence-electron chi connectivity index (χ1n) is 15.8. The summed E-state index contributed by atoms with van der Waals surface area (Å²) < 4.78 is 40.2. The average molecular weight is 682 g/mol. The SMILES string of the molecule is N#C[C@@H]1CN(C(=O)[C@@H]2CC[C@@H]3CCCCC(NC(=O)c4ccc5ccc(C(F)(F)P(=O)(O)O)cc5c4)C(=O)N32)C[C@H]1c1cc[nH]c(=O)c1. The smallest absolute Gasteiger partial charge is 0.340 e. The number of halogens is 2. The van der Waals surface area contributed by atoms with E-state index in [0.717, 1.165) is 18.6 Å². The zero-order valence-corrected chi connectivity index (χ0v) is 26.6. The summed E-state index contributed by atoms with van der Waals surface area (Å²) in [5.41, 5.74) is -4.89. The van der Waals surface area contributed by atoms with Crippen LogP contribution in [0.2, 0.25) is 0 Å². The fourth-order valence-electron chi connectivity index (χ4n) is 7.25. The molecule has 15 heteroatoms. The van der Waals surface area contributed by atoms with Gasteiger partial charge in [0.25, 0.3) is 5.91 Å². The van der Waals surface area contributed by atoms with Crippen molar-refractivity contribution >= 4 is 36.1 Å². The second kappa shape index (κ2) is 12.9. The van der Waals surface area contributed by atoms with Gasteiger partial charge in [-0.25, -0.2) is 0 Å². The van der Waals surface area contributed by atoms with E-state index in [2.05, 4.69) is 16.4 Å². The molecule has 1 aromatic heterocycles. The molecule has 3 aromatic rings. The number of hydrogen-bond donors (Lipinski definition) is 4. The maximum absolute atomic E-state index is 14.4. The Morgan fingerprint density at radius 2 is 1.73 bits per heavy atom. The number of pyridine rings is 1. The van der Waals surface area contributed by atoms with E-state index in [1.54, 1.807) is 15.9 Å². The Hall–Kier alpha value is -4.44. The summed E-state index contributed by atoms with van der Waals surface area (Å²) in [4.78, 5) is 77.4. The van der Waals surface area contributed by atoms with Crippen LogP contribution >= 0.6 is 7.60 Å². The first-order chi connectivity index (χ1) is 22.8. The summed E-state index contributed by atoms with van der Waals surface area (Å²) in [7, 11) is -5.80. The third-order valence-electron chi connectivity index (χ3n) is 9.77. The zero-order valence-electron chi connectivity index (χ0n) is 25.7. The molecule has 6 rings (SSSR count). The third kappa shape index (κ3) is 6.25. The van der Waals surface area contributed by atoms with Crippen LogP contribution in [-0.4, -0.2) is 73.5 Å². The number of nitriles is 1. The largest absolute Gasteiger partial charge is 0.399 e. The fraction of sp³-hybridized carbons (Fsp3) is 0.424. The molecule has 5 atom stereocenters. The van der Waals surface area contributed by atoms with Crippen molar-refractivity contribution < 1.29 is 37.5 Å². The van der Waals surface area contributed by atoms with Crippen molar-refractivity contribution in [1.82, 2.24) is 20.1 Å². The van der Waals surface area contributed by atoms with E-state index in [1.165, 1.54) is 36.5 Å². The molecular weight excluding hydrogens is 647 g/mol. The number of nitrogens with zero attached hydrogens (tertiary/aromatic N) is 3. The molecule has 252 valence electrons. The number of hydrogen-bond acceptors (Lipinski definition) is 6. The number of carbonyl (C=O) groups is 3. The van der Waals surface area contributed by atoms with Crippen LogP contribution in [-0.2, 0) is 19.8 Å². The standard InChI is InChI=1S/C33H34F2N5O7P/c34-33(35,48(45,46)47)24-8-7-19-5-6-21(13-22(19)14-24)30(42)38-27-4-2-1-3-25-9-10-28(40(25)31(27)43)32(44)39-17-23(16-36)26(18-39)20-11-12-37-29(41)15-20/h5-8,11-15,23,25-28H,1-4,9-10,17-18H2,(H,37,41)(H,38,42)(H2,45,46,47)/t23-,25+,26+,27?,28+/m1/s1. The number of aromatic nitrogens is 1. The van der Waals surface area contributed by atoms with E-state index in [9.17, 15) is 37.8 Å². The van der Waals surface area contributed by atoms with Gasteiger partial charge >= 0.3 is 13.3 Å². The van der Waals surface area contributed by atoms with Gasteiger partial charge < -0.3 is 29.9 Å². The Kier molecular flexibility index (Phi) is 8.98. The summed E-state index contributed by atoms with van der Waals surface area (Å²) in [5, 5.41) is 13.2. The second-order valence-electron chi connectivity index (χ2n) is 12.7. The molecule has 3 amide bonds. The maximum atomic E-state index is 14.4. The summed E-state index contributed by atoms with van der Waals surface area (Å²) in [6.45, 7) is 0.396. The number of benzene rings is 2. The highest BCUT2D eigenvalue weighted by Crippen LogP contribution is 2.59. The van der Waals surface area contributed by atoms with Gasteiger partial charge in [-0.3, -0.25) is 23.7 Å². The molecule has 3 fully saturated rings. The average Bonchev–Trinajstić information content (AvgIpc) is 3.68. The first kappa shape index (κ1) is 33.5. The van der Waals surface area contributed by atoms with Crippen molar-refractivity contribution in [2.45, 2.75) is 68.2 Å². The highest BCUT2D eigenvalue weighted by atomic mass is 31.2. The minimum atomic E-state index is -5.80. The molecule has 4 heterocycles. The number of carbonyl (C=O) groups excluding carboxylic acids is 3. The number of amides is 3. The zero-order chi connectivity index (χ0) is 34.4. The van der Waals surface area contributed by atoms with E-state index in [1.807, 2.05) is 0 Å². The number of aromatic amines is 1. The lowest BCUT2D eigenvalue weighted by Gasteiger charge is -2.36. The topological polar surface area (TPSA) is 184 Å². The summed E-state index contributed by atoms with van der Waals surface area (Å²) >= 11 is 0. The molecule has 0 saturated carbocycles. The van der Waals surface area contributed by atoms with Gasteiger partial charge in [-0.1, -0.05) is 31.0 Å².